The summed E-state index contributed by atoms with van der Waals surface area (Å²) >= 11 is 0. The molecule has 0 aliphatic carbocycles. The summed E-state index contributed by atoms with van der Waals surface area (Å²) in [4.78, 5) is 23.6. The molecule has 2 heterocycles. The van der Waals surface area contributed by atoms with E-state index >= 15 is 0 Å². The molecule has 5 nitrogen and oxygen atoms in total. The highest BCUT2D eigenvalue weighted by Crippen LogP contribution is 2.26. The number of fused-ring (bicyclic) bond motifs is 1. The van der Waals surface area contributed by atoms with Crippen LogP contribution in [0.15, 0.2) is 47.4 Å². The van der Waals surface area contributed by atoms with Gasteiger partial charge in [0.05, 0.1) is 6.61 Å². The van der Waals surface area contributed by atoms with Crippen molar-refractivity contribution in [1.82, 2.24) is 9.88 Å². The Hall–Kier alpha value is -2.56. The fraction of sp³-hybridized carbons (Fsp3) is 0.294. The molecule has 3 rings (SSSR count). The van der Waals surface area contributed by atoms with E-state index in [9.17, 15) is 9.59 Å². The van der Waals surface area contributed by atoms with Gasteiger partial charge in [-0.3, -0.25) is 9.59 Å². The number of hydrogen-bond donors (Lipinski definition) is 1. The number of carbonyl (C=O) groups excluding carboxylic acids is 1. The van der Waals surface area contributed by atoms with Gasteiger partial charge >= 0.3 is 0 Å². The highest BCUT2D eigenvalue weighted by molar-refractivity contribution is 5.93. The smallest absolute Gasteiger partial charge is 0.251 e. The van der Waals surface area contributed by atoms with Crippen molar-refractivity contribution in [3.8, 4) is 5.75 Å². The lowest BCUT2D eigenvalue weighted by Crippen LogP contribution is -2.35. The van der Waals surface area contributed by atoms with Gasteiger partial charge in [-0.1, -0.05) is 18.2 Å². The average molecular weight is 298 g/mol. The maximum Gasteiger partial charge on any atom is 0.251 e. The summed E-state index contributed by atoms with van der Waals surface area (Å²) in [5, 5.41) is 2.88. The number of nitrogens with one attached hydrogen (secondary N) is 1. The molecule has 0 bridgehead atoms. The van der Waals surface area contributed by atoms with E-state index in [1.54, 1.807) is 19.3 Å². The van der Waals surface area contributed by atoms with Gasteiger partial charge in [0, 0.05) is 37.3 Å². The number of amides is 1. The van der Waals surface area contributed by atoms with Crippen molar-refractivity contribution in [3.05, 3.63) is 64.1 Å². The summed E-state index contributed by atoms with van der Waals surface area (Å²) in [5.74, 6) is 0.943. The average Bonchev–Trinajstić information content (AvgIpc) is 2.55. The number of aryl methyl sites for hydroxylation is 1. The third-order valence-corrected chi connectivity index (χ3v) is 3.87. The van der Waals surface area contributed by atoms with E-state index in [1.807, 2.05) is 24.3 Å². The predicted octanol–water partition coefficient (Wildman–Crippen LogP) is 1.37. The van der Waals surface area contributed by atoms with Crippen LogP contribution in [0, 0.1) is 5.92 Å². The van der Waals surface area contributed by atoms with Crippen molar-refractivity contribution in [1.29, 1.82) is 0 Å². The van der Waals surface area contributed by atoms with E-state index < -0.39 is 0 Å². The molecule has 1 amide bonds. The third-order valence-electron chi connectivity index (χ3n) is 3.87. The fourth-order valence-electron chi connectivity index (χ4n) is 2.55. The molecule has 0 saturated carbocycles. The highest BCUT2D eigenvalue weighted by Gasteiger charge is 2.20. The highest BCUT2D eigenvalue weighted by atomic mass is 16.5. The van der Waals surface area contributed by atoms with Crippen molar-refractivity contribution < 1.29 is 9.53 Å². The number of ether oxygens (including phenoxy) is 1. The lowest BCUT2D eigenvalue weighted by Gasteiger charge is -2.25. The van der Waals surface area contributed by atoms with Crippen molar-refractivity contribution >= 4 is 5.91 Å². The number of para-hydroxylation sites is 1. The standard InChI is InChI=1S/C17H18N2O3/c1-19-7-6-14(9-16(19)20)17(21)18-10-12-8-13-4-2-3-5-15(13)22-11-12/h2-7,9,12H,8,10-11H2,1H3,(H,18,21). The molecule has 1 aromatic heterocycles. The van der Waals surface area contributed by atoms with Gasteiger partial charge in [-0.05, 0) is 24.1 Å². The first kappa shape index (κ1) is 14.4. The lowest BCUT2D eigenvalue weighted by molar-refractivity contribution is 0.0938. The molecule has 0 radical (unpaired) electrons. The Morgan fingerprint density at radius 1 is 1.36 bits per heavy atom. The molecule has 1 atom stereocenters. The Morgan fingerprint density at radius 3 is 3.00 bits per heavy atom. The largest absolute Gasteiger partial charge is 0.493 e. The SMILES string of the molecule is Cn1ccc(C(=O)NCC2COc3ccccc3C2)cc1=O. The van der Waals surface area contributed by atoms with Crippen LogP contribution in [0.5, 0.6) is 5.75 Å². The molecular formula is C17H18N2O3. The number of benzene rings is 1. The first-order valence-electron chi connectivity index (χ1n) is 7.29. The summed E-state index contributed by atoms with van der Waals surface area (Å²) in [6.45, 7) is 1.12. The summed E-state index contributed by atoms with van der Waals surface area (Å²) in [6, 6.07) is 10.9. The van der Waals surface area contributed by atoms with Crippen molar-refractivity contribution in [2.45, 2.75) is 6.42 Å². The first-order valence-corrected chi connectivity index (χ1v) is 7.29. The van der Waals surface area contributed by atoms with Crippen LogP contribution >= 0.6 is 0 Å². The van der Waals surface area contributed by atoms with E-state index in [4.69, 9.17) is 4.74 Å². The van der Waals surface area contributed by atoms with Gasteiger partial charge in [-0.2, -0.15) is 0 Å². The molecule has 1 aliphatic rings. The van der Waals surface area contributed by atoms with Crippen molar-refractivity contribution in [2.75, 3.05) is 13.2 Å². The Balaban J connectivity index is 1.60. The van der Waals surface area contributed by atoms with Crippen LogP contribution in [-0.2, 0) is 13.5 Å². The van der Waals surface area contributed by atoms with Gasteiger partial charge in [-0.15, -0.1) is 0 Å². The minimum absolute atomic E-state index is 0.192. The third kappa shape index (κ3) is 3.03. The Bertz CT molecular complexity index is 752. The van der Waals surface area contributed by atoms with Crippen molar-refractivity contribution in [2.24, 2.45) is 13.0 Å². The fourth-order valence-corrected chi connectivity index (χ4v) is 2.55. The van der Waals surface area contributed by atoms with Crippen molar-refractivity contribution in [3.63, 3.8) is 0 Å². The maximum atomic E-state index is 12.1. The van der Waals surface area contributed by atoms with E-state index in [2.05, 4.69) is 5.32 Å². The second kappa shape index (κ2) is 6.05. The van der Waals surface area contributed by atoms with E-state index in [0.29, 0.717) is 18.7 Å². The molecule has 22 heavy (non-hydrogen) atoms. The van der Waals surface area contributed by atoms with Crippen LogP contribution in [0.4, 0.5) is 0 Å². The monoisotopic (exact) mass is 298 g/mol. The summed E-state index contributed by atoms with van der Waals surface area (Å²) in [7, 11) is 1.65. The topological polar surface area (TPSA) is 60.3 Å². The van der Waals surface area contributed by atoms with E-state index in [0.717, 1.165) is 12.2 Å². The summed E-state index contributed by atoms with van der Waals surface area (Å²) in [5.41, 5.74) is 1.37. The van der Waals surface area contributed by atoms with Crippen LogP contribution in [0.2, 0.25) is 0 Å². The predicted molar refractivity (Wildman–Crippen MR) is 83.1 cm³/mol. The molecule has 0 spiro atoms. The second-order valence-corrected chi connectivity index (χ2v) is 5.56. The van der Waals surface area contributed by atoms with Gasteiger partial charge in [0.25, 0.3) is 11.5 Å². The summed E-state index contributed by atoms with van der Waals surface area (Å²) in [6.07, 6.45) is 2.48. The number of aromatic nitrogens is 1. The molecule has 5 heteroatoms. The van der Waals surface area contributed by atoms with Crippen LogP contribution in [0.3, 0.4) is 0 Å². The lowest BCUT2D eigenvalue weighted by atomic mass is 9.96. The van der Waals surface area contributed by atoms with E-state index in [1.165, 1.54) is 16.2 Å². The van der Waals surface area contributed by atoms with Crippen LogP contribution in [-0.4, -0.2) is 23.6 Å². The number of hydrogen-bond acceptors (Lipinski definition) is 3. The van der Waals surface area contributed by atoms with Gasteiger partial charge < -0.3 is 14.6 Å². The minimum atomic E-state index is -0.225. The van der Waals surface area contributed by atoms with Crippen LogP contribution in [0.1, 0.15) is 15.9 Å². The number of rotatable bonds is 3. The summed E-state index contributed by atoms with van der Waals surface area (Å²) < 4.78 is 7.14. The molecule has 1 aromatic carbocycles. The zero-order valence-corrected chi connectivity index (χ0v) is 12.4. The van der Waals surface area contributed by atoms with Gasteiger partial charge in [0.15, 0.2) is 0 Å². The number of carbonyl (C=O) groups is 1. The number of nitrogens with zero attached hydrogens (tertiary/aromatic N) is 1. The molecular weight excluding hydrogens is 280 g/mol. The zero-order chi connectivity index (χ0) is 15.5. The minimum Gasteiger partial charge on any atom is -0.493 e. The van der Waals surface area contributed by atoms with Gasteiger partial charge in [-0.25, -0.2) is 0 Å². The Morgan fingerprint density at radius 2 is 2.18 bits per heavy atom. The van der Waals surface area contributed by atoms with Crippen LogP contribution < -0.4 is 15.6 Å². The Kier molecular flexibility index (Phi) is 3.96. The molecule has 1 N–H and O–H groups in total. The second-order valence-electron chi connectivity index (χ2n) is 5.56. The molecule has 114 valence electrons. The van der Waals surface area contributed by atoms with E-state index in [-0.39, 0.29) is 17.4 Å². The van der Waals surface area contributed by atoms with Gasteiger partial charge in [0.1, 0.15) is 5.75 Å². The molecule has 0 fully saturated rings. The normalized spacial score (nSPS) is 16.5. The zero-order valence-electron chi connectivity index (χ0n) is 12.4. The van der Waals surface area contributed by atoms with Crippen LogP contribution in [0.25, 0.3) is 0 Å². The molecule has 0 saturated heterocycles. The quantitative estimate of drug-likeness (QED) is 0.931. The van der Waals surface area contributed by atoms with Gasteiger partial charge in [0.2, 0.25) is 0 Å². The maximum absolute atomic E-state index is 12.1. The first-order chi connectivity index (χ1) is 10.6. The molecule has 1 aliphatic heterocycles. The molecule has 1 unspecified atom stereocenters. The number of pyridine rings is 1. The Labute approximate surface area is 128 Å². The molecule has 2 aromatic rings.